The normalized spacial score (nSPS) is 16.3. The topological polar surface area (TPSA) is 273 Å². The lowest BCUT2D eigenvalue weighted by Gasteiger charge is -2.39. The molecule has 1 fully saturated rings. The number of nitrogens with two attached hydrogens (primary N) is 1. The van der Waals surface area contributed by atoms with Crippen LogP contribution in [0.5, 0.6) is 0 Å². The van der Waals surface area contributed by atoms with Gasteiger partial charge in [-0.05, 0) is 43.7 Å². The zero-order chi connectivity index (χ0) is 56.5. The van der Waals surface area contributed by atoms with Gasteiger partial charge in [0, 0.05) is 52.5 Å². The number of thiazole rings is 1. The molecular formula is C53H89N9O14S. The Balaban J connectivity index is 1.41. The number of nitrogens with one attached hydrogen (secondary N) is 4. The molecule has 2 aromatic rings. The van der Waals surface area contributed by atoms with Crippen molar-refractivity contribution in [2.75, 3.05) is 127 Å². The first-order valence-corrected chi connectivity index (χ1v) is 27.6. The number of carbonyl (C=O) groups is 6. The fourth-order valence-corrected chi connectivity index (χ4v) is 10.00. The molecule has 23 nitrogen and oxygen atoms in total. The van der Waals surface area contributed by atoms with Crippen LogP contribution in [0.4, 0.5) is 4.79 Å². The molecule has 77 heavy (non-hydrogen) atoms. The third-order valence-electron chi connectivity index (χ3n) is 13.5. The Kier molecular flexibility index (Phi) is 32.6. The van der Waals surface area contributed by atoms with E-state index < -0.39 is 42.2 Å². The molecule has 1 saturated heterocycles. The van der Waals surface area contributed by atoms with Crippen LogP contribution in [-0.2, 0) is 68.4 Å². The van der Waals surface area contributed by atoms with Gasteiger partial charge in [-0.15, -0.1) is 11.3 Å². The molecule has 436 valence electrons. The lowest BCUT2D eigenvalue weighted by atomic mass is 9.90. The molecular weight excluding hydrogens is 1020 g/mol. The first-order chi connectivity index (χ1) is 37.1. The summed E-state index contributed by atoms with van der Waals surface area (Å²) in [4.78, 5) is 93.7. The summed E-state index contributed by atoms with van der Waals surface area (Å²) in [7, 11) is 6.65. The van der Waals surface area contributed by atoms with Crippen molar-refractivity contribution in [1.29, 1.82) is 0 Å². The molecule has 6 amide bonds. The maximum atomic E-state index is 14.3. The van der Waals surface area contributed by atoms with Crippen LogP contribution in [0, 0.1) is 17.8 Å². The summed E-state index contributed by atoms with van der Waals surface area (Å²) in [5.41, 5.74) is 1.07. The van der Waals surface area contributed by atoms with E-state index in [9.17, 15) is 28.8 Å². The smallest absolute Gasteiger partial charge is 0.407 e. The molecule has 1 aliphatic rings. The molecule has 0 spiro atoms. The lowest BCUT2D eigenvalue weighted by molar-refractivity contribution is -0.146. The number of likely N-dealkylation sites (N-methyl/N-ethyl adjacent to an activating group) is 2. The van der Waals surface area contributed by atoms with Gasteiger partial charge < -0.3 is 69.1 Å². The first-order valence-electron chi connectivity index (χ1n) is 26.7. The summed E-state index contributed by atoms with van der Waals surface area (Å²) in [6.45, 7) is 13.0. The van der Waals surface area contributed by atoms with Crippen molar-refractivity contribution in [1.82, 2.24) is 41.0 Å². The van der Waals surface area contributed by atoms with Gasteiger partial charge >= 0.3 is 6.09 Å². The van der Waals surface area contributed by atoms with Gasteiger partial charge in [0.2, 0.25) is 29.5 Å². The highest BCUT2D eigenvalue weighted by Crippen LogP contribution is 2.30. The summed E-state index contributed by atoms with van der Waals surface area (Å²) < 4.78 is 39.0. The van der Waals surface area contributed by atoms with Gasteiger partial charge in [0.1, 0.15) is 11.6 Å². The number of ether oxygens (including phenoxy) is 7. The van der Waals surface area contributed by atoms with Crippen LogP contribution in [-0.4, -0.2) is 213 Å². The molecule has 8 atom stereocenters. The number of rotatable bonds is 40. The van der Waals surface area contributed by atoms with Crippen LogP contribution in [0.15, 0.2) is 41.9 Å². The van der Waals surface area contributed by atoms with E-state index >= 15 is 0 Å². The van der Waals surface area contributed by atoms with Crippen LogP contribution in [0.25, 0.3) is 0 Å². The SMILES string of the molecule is CC[C@H](C)C([C@@H](CC(=O)N1CCC[C@H]1[C@H](OC)[C@@H](C)C(=O)N[C@@H](Cc1ccccc1)c1nccs1)OC)N(C)C(=O)CNC(=O)C(C(C)C)N(C)CCOCCOCCOCCOC(=O)NCC(=O)NCCOCCON. The van der Waals surface area contributed by atoms with E-state index in [1.165, 1.54) is 11.3 Å². The second-order valence-corrected chi connectivity index (χ2v) is 20.2. The van der Waals surface area contributed by atoms with Crippen molar-refractivity contribution in [2.24, 2.45) is 23.7 Å². The van der Waals surface area contributed by atoms with Gasteiger partial charge in [0.15, 0.2) is 0 Å². The number of benzene rings is 1. The van der Waals surface area contributed by atoms with Crippen LogP contribution < -0.4 is 27.2 Å². The summed E-state index contributed by atoms with van der Waals surface area (Å²) in [6.07, 6.45) is 2.47. The Labute approximate surface area is 459 Å². The molecule has 0 aliphatic carbocycles. The van der Waals surface area contributed by atoms with E-state index in [4.69, 9.17) is 39.1 Å². The Morgan fingerprint density at radius 1 is 0.818 bits per heavy atom. The van der Waals surface area contributed by atoms with Crippen molar-refractivity contribution in [3.63, 3.8) is 0 Å². The van der Waals surface area contributed by atoms with E-state index in [0.29, 0.717) is 65.4 Å². The fraction of sp³-hybridized carbons (Fsp3) is 0.717. The van der Waals surface area contributed by atoms with Crippen molar-refractivity contribution >= 4 is 47.0 Å². The molecule has 24 heteroatoms. The van der Waals surface area contributed by atoms with E-state index in [-0.39, 0.29) is 107 Å². The Bertz CT molecular complexity index is 1990. The maximum absolute atomic E-state index is 14.3. The minimum Gasteiger partial charge on any atom is -0.447 e. The fourth-order valence-electron chi connectivity index (χ4n) is 9.31. The maximum Gasteiger partial charge on any atom is 0.407 e. The highest BCUT2D eigenvalue weighted by Gasteiger charge is 2.42. The minimum atomic E-state index is -0.745. The number of hydrogen-bond acceptors (Lipinski definition) is 18. The molecule has 0 saturated carbocycles. The van der Waals surface area contributed by atoms with Crippen LogP contribution >= 0.6 is 11.3 Å². The standard InChI is InChI=1S/C53H89N9O14S/c1-10-38(4)48(43(69-8)34-45(64)62-20-14-17-42(62)49(70-9)39(5)50(66)59-41(52-56-19-32-77-52)33-40-15-12-11-13-16-40)61(7)46(65)36-57-51(67)47(37(2)3)60(6)21-23-72-24-25-73-26-27-74-28-30-75-53(68)58-35-44(63)55-18-22-71-29-31-76-54/h11-13,15-16,19,32,37-39,41-43,47-49H,10,14,17-18,20-31,33-36,54H2,1-9H3,(H,55,63)(H,57,67)(H,58,68)(H,59,66)/t38-,39+,41-,42-,43+,47?,48?,49+/m0/s1. The predicted octanol–water partition coefficient (Wildman–Crippen LogP) is 2.34. The van der Waals surface area contributed by atoms with Crippen LogP contribution in [0.1, 0.15) is 76.9 Å². The molecule has 0 radical (unpaired) electrons. The number of amides is 6. The van der Waals surface area contributed by atoms with Gasteiger partial charge in [-0.25, -0.2) is 15.7 Å². The highest BCUT2D eigenvalue weighted by atomic mass is 32.1. The lowest BCUT2D eigenvalue weighted by Crippen LogP contribution is -2.55. The molecule has 6 N–H and O–H groups in total. The zero-order valence-corrected chi connectivity index (χ0v) is 47.7. The average molecular weight is 1110 g/mol. The Hall–Kier alpha value is -4.89. The summed E-state index contributed by atoms with van der Waals surface area (Å²) in [6, 6.07) is 8.25. The van der Waals surface area contributed by atoms with Crippen molar-refractivity contribution < 1.29 is 66.8 Å². The van der Waals surface area contributed by atoms with Crippen molar-refractivity contribution in [3.05, 3.63) is 52.5 Å². The van der Waals surface area contributed by atoms with E-state index in [1.54, 1.807) is 32.4 Å². The summed E-state index contributed by atoms with van der Waals surface area (Å²) in [5.74, 6) is 2.84. The number of carbonyl (C=O) groups excluding carboxylic acids is 6. The minimum absolute atomic E-state index is 0.00391. The molecule has 3 rings (SSSR count). The number of methoxy groups -OCH3 is 2. The predicted molar refractivity (Wildman–Crippen MR) is 289 cm³/mol. The summed E-state index contributed by atoms with van der Waals surface area (Å²) in [5, 5.41) is 13.7. The van der Waals surface area contributed by atoms with E-state index in [2.05, 4.69) is 31.1 Å². The van der Waals surface area contributed by atoms with Crippen LogP contribution in [0.3, 0.4) is 0 Å². The van der Waals surface area contributed by atoms with Crippen molar-refractivity contribution in [2.45, 2.75) is 103 Å². The van der Waals surface area contributed by atoms with E-state index in [0.717, 1.165) is 17.0 Å². The quantitative estimate of drug-likeness (QED) is 0.0473. The molecule has 2 heterocycles. The van der Waals surface area contributed by atoms with Gasteiger partial charge in [0.25, 0.3) is 0 Å². The molecule has 0 bridgehead atoms. The van der Waals surface area contributed by atoms with Gasteiger partial charge in [0.05, 0.1) is 121 Å². The molecule has 1 aromatic carbocycles. The zero-order valence-electron chi connectivity index (χ0n) is 46.9. The van der Waals surface area contributed by atoms with Crippen LogP contribution in [0.2, 0.25) is 0 Å². The number of hydrogen-bond donors (Lipinski definition) is 5. The third-order valence-corrected chi connectivity index (χ3v) is 14.4. The van der Waals surface area contributed by atoms with E-state index in [1.807, 2.05) is 87.2 Å². The van der Waals surface area contributed by atoms with Gasteiger partial charge in [-0.1, -0.05) is 71.4 Å². The molecule has 1 aliphatic heterocycles. The first kappa shape index (κ1) is 66.4. The van der Waals surface area contributed by atoms with Crippen molar-refractivity contribution in [3.8, 4) is 0 Å². The third kappa shape index (κ3) is 23.9. The highest BCUT2D eigenvalue weighted by molar-refractivity contribution is 7.09. The number of aromatic nitrogens is 1. The largest absolute Gasteiger partial charge is 0.447 e. The molecule has 2 unspecified atom stereocenters. The number of nitrogens with zero attached hydrogens (tertiary/aromatic N) is 4. The monoisotopic (exact) mass is 1110 g/mol. The second kappa shape index (κ2) is 37.8. The second-order valence-electron chi connectivity index (χ2n) is 19.3. The Morgan fingerprint density at radius 2 is 1.48 bits per heavy atom. The van der Waals surface area contributed by atoms with Gasteiger partial charge in [-0.2, -0.15) is 0 Å². The Morgan fingerprint density at radius 3 is 2.10 bits per heavy atom. The van der Waals surface area contributed by atoms with Gasteiger partial charge in [-0.3, -0.25) is 28.9 Å². The number of alkyl carbamates (subject to hydrolysis) is 1. The number of likely N-dealkylation sites (tertiary alicyclic amines) is 1. The molecule has 1 aromatic heterocycles. The average Bonchev–Trinajstić information content (AvgIpc) is 4.15. The summed E-state index contributed by atoms with van der Waals surface area (Å²) >= 11 is 1.49.